The summed E-state index contributed by atoms with van der Waals surface area (Å²) in [4.78, 5) is 11.8. The van der Waals surface area contributed by atoms with Crippen LogP contribution in [0, 0.1) is 16.0 Å². The van der Waals surface area contributed by atoms with Crippen LogP contribution in [0.2, 0.25) is 0 Å². The normalized spacial score (nSPS) is 10.8. The summed E-state index contributed by atoms with van der Waals surface area (Å²) in [6.45, 7) is 0. The van der Waals surface area contributed by atoms with Crippen molar-refractivity contribution < 1.29 is 4.92 Å². The number of hydrogen-bond acceptors (Lipinski definition) is 2. The molecule has 0 unspecified atom stereocenters. The molecule has 35 heavy (non-hydrogen) atoms. The van der Waals surface area contributed by atoms with E-state index in [4.69, 9.17) is 0 Å². The van der Waals surface area contributed by atoms with E-state index in [0.717, 1.165) is 39.3 Å². The highest BCUT2D eigenvalue weighted by atomic mass is 16.6. The molecule has 0 aliphatic carbocycles. The fourth-order valence-electron chi connectivity index (χ4n) is 4.63. The smallest absolute Gasteiger partial charge is 0.258 e. The molecule has 0 saturated heterocycles. The molecule has 5 aromatic rings. The first kappa shape index (κ1) is 22.2. The minimum atomic E-state index is -0.298. The van der Waals surface area contributed by atoms with Crippen molar-refractivity contribution in [2.45, 2.75) is 5.92 Å². The first-order chi connectivity index (χ1) is 17.2. The van der Waals surface area contributed by atoms with Crippen LogP contribution < -0.4 is 0 Å². The van der Waals surface area contributed by atoms with E-state index in [1.165, 1.54) is 0 Å². The second kappa shape index (κ2) is 10.1. The number of nitro benzene ring substituents is 1. The first-order valence-electron chi connectivity index (χ1n) is 11.6. The third-order valence-corrected chi connectivity index (χ3v) is 6.16. The zero-order valence-corrected chi connectivity index (χ0v) is 19.1. The van der Waals surface area contributed by atoms with E-state index in [2.05, 4.69) is 30.3 Å². The van der Waals surface area contributed by atoms with Crippen molar-refractivity contribution in [1.82, 2.24) is 0 Å². The van der Waals surface area contributed by atoms with Gasteiger partial charge in [-0.2, -0.15) is 0 Å². The maximum absolute atomic E-state index is 12.1. The van der Waals surface area contributed by atoms with Crippen molar-refractivity contribution in [3.63, 3.8) is 0 Å². The molecular formula is C32H24NO2+. The molecule has 0 aliphatic heterocycles. The van der Waals surface area contributed by atoms with Crippen LogP contribution in [0.3, 0.4) is 0 Å². The molecule has 0 spiro atoms. The molecule has 0 atom stereocenters. The van der Waals surface area contributed by atoms with Gasteiger partial charge in [0.15, 0.2) is 0 Å². The van der Waals surface area contributed by atoms with Gasteiger partial charge >= 0.3 is 0 Å². The molecule has 0 N–H and O–H groups in total. The van der Waals surface area contributed by atoms with Crippen LogP contribution in [0.1, 0.15) is 39.3 Å². The monoisotopic (exact) mass is 454 g/mol. The van der Waals surface area contributed by atoms with E-state index in [1.807, 2.05) is 97.1 Å². The summed E-state index contributed by atoms with van der Waals surface area (Å²) in [5.41, 5.74) is 6.00. The molecule has 168 valence electrons. The molecule has 0 heterocycles. The Hall–Kier alpha value is -4.63. The summed E-state index contributed by atoms with van der Waals surface area (Å²) < 4.78 is 0. The topological polar surface area (TPSA) is 43.1 Å². The van der Waals surface area contributed by atoms with Gasteiger partial charge in [-0.3, -0.25) is 10.1 Å². The predicted octanol–water partition coefficient (Wildman–Crippen LogP) is 7.79. The van der Waals surface area contributed by atoms with E-state index in [1.54, 1.807) is 12.1 Å². The molecular weight excluding hydrogens is 430 g/mol. The van der Waals surface area contributed by atoms with Crippen molar-refractivity contribution in [3.05, 3.63) is 189 Å². The molecule has 0 aromatic heterocycles. The lowest BCUT2D eigenvalue weighted by molar-refractivity contribution is -0.385. The van der Waals surface area contributed by atoms with E-state index < -0.39 is 0 Å². The van der Waals surface area contributed by atoms with Gasteiger partial charge in [-0.25, -0.2) is 0 Å². The third-order valence-electron chi connectivity index (χ3n) is 6.16. The molecule has 0 bridgehead atoms. The van der Waals surface area contributed by atoms with Gasteiger partial charge in [-0.1, -0.05) is 72.8 Å². The van der Waals surface area contributed by atoms with Crippen molar-refractivity contribution in [2.24, 2.45) is 0 Å². The number of nitro groups is 1. The van der Waals surface area contributed by atoms with Gasteiger partial charge in [-0.05, 0) is 71.3 Å². The Morgan fingerprint density at radius 2 is 0.943 bits per heavy atom. The van der Waals surface area contributed by atoms with Gasteiger partial charge in [0.1, 0.15) is 0 Å². The number of non-ortho nitro benzene ring substituents is 1. The Bertz CT molecular complexity index is 1220. The second-order valence-electron chi connectivity index (χ2n) is 8.43. The van der Waals surface area contributed by atoms with Gasteiger partial charge in [0.25, 0.3) is 5.69 Å². The van der Waals surface area contributed by atoms with Crippen molar-refractivity contribution in [2.75, 3.05) is 0 Å². The highest BCUT2D eigenvalue weighted by Crippen LogP contribution is 2.38. The molecule has 5 aromatic carbocycles. The van der Waals surface area contributed by atoms with Crippen molar-refractivity contribution >= 4 is 5.69 Å². The summed E-state index contributed by atoms with van der Waals surface area (Å²) in [5, 5.41) is 12.1. The highest BCUT2D eigenvalue weighted by Gasteiger charge is 2.28. The lowest BCUT2D eigenvalue weighted by atomic mass is 9.80. The fourth-order valence-corrected chi connectivity index (χ4v) is 4.63. The summed E-state index contributed by atoms with van der Waals surface area (Å²) in [5.74, 6) is 0.833. The SMILES string of the molecule is O=[N+]([O-])c1cc([C+](c2ccccc2)c2ccccc2)cc(C(c2ccccc2)c2ccccc2)c1. The zero-order valence-electron chi connectivity index (χ0n) is 19.1. The Morgan fingerprint density at radius 3 is 1.37 bits per heavy atom. The van der Waals surface area contributed by atoms with E-state index in [0.29, 0.717) is 0 Å². The number of nitrogens with zero attached hydrogens (tertiary/aromatic N) is 1. The predicted molar refractivity (Wildman–Crippen MR) is 140 cm³/mol. The van der Waals surface area contributed by atoms with Gasteiger partial charge in [0.05, 0.1) is 33.6 Å². The lowest BCUT2D eigenvalue weighted by Gasteiger charge is -2.20. The van der Waals surface area contributed by atoms with Crippen LogP contribution in [0.15, 0.2) is 140 Å². The average molecular weight is 455 g/mol. The molecule has 0 aliphatic rings. The van der Waals surface area contributed by atoms with Gasteiger partial charge in [0.2, 0.25) is 0 Å². The Morgan fingerprint density at radius 1 is 0.514 bits per heavy atom. The van der Waals surface area contributed by atoms with E-state index in [-0.39, 0.29) is 16.5 Å². The largest absolute Gasteiger partial charge is 0.293 e. The van der Waals surface area contributed by atoms with E-state index >= 15 is 0 Å². The van der Waals surface area contributed by atoms with E-state index in [9.17, 15) is 10.1 Å². The zero-order chi connectivity index (χ0) is 24.0. The molecule has 0 fully saturated rings. The summed E-state index contributed by atoms with van der Waals surface area (Å²) >= 11 is 0. The van der Waals surface area contributed by atoms with Gasteiger partial charge in [-0.15, -0.1) is 0 Å². The van der Waals surface area contributed by atoms with Crippen LogP contribution >= 0.6 is 0 Å². The van der Waals surface area contributed by atoms with Gasteiger partial charge in [0, 0.05) is 12.0 Å². The number of hydrogen-bond donors (Lipinski definition) is 0. The maximum atomic E-state index is 12.1. The lowest BCUT2D eigenvalue weighted by Crippen LogP contribution is -2.09. The maximum Gasteiger partial charge on any atom is 0.293 e. The summed E-state index contributed by atoms with van der Waals surface area (Å²) in [6, 6.07) is 45.9. The van der Waals surface area contributed by atoms with Crippen LogP contribution in [-0.4, -0.2) is 4.92 Å². The fraction of sp³-hybridized carbons (Fsp3) is 0.0312. The minimum absolute atomic E-state index is 0.0822. The average Bonchev–Trinajstić information content (AvgIpc) is 2.91. The van der Waals surface area contributed by atoms with Crippen LogP contribution in [0.4, 0.5) is 5.69 Å². The number of benzene rings is 5. The van der Waals surface area contributed by atoms with Crippen LogP contribution in [0.25, 0.3) is 0 Å². The molecule has 5 rings (SSSR count). The van der Waals surface area contributed by atoms with Crippen molar-refractivity contribution in [1.29, 1.82) is 0 Å². The molecule has 3 nitrogen and oxygen atoms in total. The van der Waals surface area contributed by atoms with Crippen LogP contribution in [-0.2, 0) is 0 Å². The molecule has 0 saturated carbocycles. The Balaban J connectivity index is 1.74. The first-order valence-corrected chi connectivity index (χ1v) is 11.6. The summed E-state index contributed by atoms with van der Waals surface area (Å²) in [7, 11) is 0. The minimum Gasteiger partial charge on any atom is -0.258 e. The highest BCUT2D eigenvalue weighted by molar-refractivity contribution is 5.61. The van der Waals surface area contributed by atoms with Crippen molar-refractivity contribution in [3.8, 4) is 0 Å². The van der Waals surface area contributed by atoms with Gasteiger partial charge < -0.3 is 0 Å². The molecule has 3 heteroatoms. The molecule has 0 amide bonds. The standard InChI is InChI=1S/C32H24NO2/c34-33(35)30-22-28(31(24-13-5-1-6-14-24)25-15-7-2-8-16-25)21-29(23-30)32(26-17-9-3-10-18-26)27-19-11-4-12-20-27/h1-23,31H/q+1. The molecule has 0 radical (unpaired) electrons. The Kier molecular flexibility index (Phi) is 6.40. The third kappa shape index (κ3) is 4.85. The number of rotatable bonds is 7. The summed E-state index contributed by atoms with van der Waals surface area (Å²) in [6.07, 6.45) is 0. The Labute approximate surface area is 205 Å². The van der Waals surface area contributed by atoms with Crippen LogP contribution in [0.5, 0.6) is 0 Å². The second-order valence-corrected chi connectivity index (χ2v) is 8.43. The quantitative estimate of drug-likeness (QED) is 0.109.